The van der Waals surface area contributed by atoms with Gasteiger partial charge in [-0.25, -0.2) is 4.98 Å². The minimum atomic E-state index is 0.817. The third kappa shape index (κ3) is 2.25. The Balaban J connectivity index is 2.17. The highest BCUT2D eigenvalue weighted by molar-refractivity contribution is 7.99. The molecule has 0 saturated heterocycles. The molecule has 0 aliphatic rings. The maximum absolute atomic E-state index is 4.66. The zero-order valence-corrected chi connectivity index (χ0v) is 13.2. The fourth-order valence-electron chi connectivity index (χ4n) is 2.37. The van der Waals surface area contributed by atoms with Crippen LogP contribution in [-0.2, 0) is 7.05 Å². The van der Waals surface area contributed by atoms with Gasteiger partial charge in [-0.05, 0) is 25.5 Å². The molecule has 5 nitrogen and oxygen atoms in total. The van der Waals surface area contributed by atoms with Crippen molar-refractivity contribution in [1.29, 1.82) is 0 Å². The van der Waals surface area contributed by atoms with Crippen molar-refractivity contribution in [2.75, 3.05) is 5.75 Å². The molecule has 0 N–H and O–H groups in total. The van der Waals surface area contributed by atoms with E-state index in [9.17, 15) is 0 Å². The lowest BCUT2D eigenvalue weighted by Gasteiger charge is -2.04. The van der Waals surface area contributed by atoms with E-state index in [1.54, 1.807) is 11.8 Å². The van der Waals surface area contributed by atoms with Gasteiger partial charge in [-0.15, -0.1) is 16.8 Å². The molecule has 0 bridgehead atoms. The molecule has 0 aliphatic carbocycles. The molecule has 0 fully saturated rings. The summed E-state index contributed by atoms with van der Waals surface area (Å²) in [6, 6.07) is 4.09. The van der Waals surface area contributed by atoms with Crippen molar-refractivity contribution in [3.05, 3.63) is 42.2 Å². The molecular formula is C15H17N5S. The predicted molar refractivity (Wildman–Crippen MR) is 85.6 cm³/mol. The van der Waals surface area contributed by atoms with Crippen molar-refractivity contribution in [2.45, 2.75) is 19.0 Å². The van der Waals surface area contributed by atoms with Gasteiger partial charge in [0.25, 0.3) is 0 Å². The third-order valence-corrected chi connectivity index (χ3v) is 4.41. The van der Waals surface area contributed by atoms with E-state index in [0.717, 1.165) is 39.3 Å². The molecule has 0 amide bonds. The molecule has 3 rings (SSSR count). The van der Waals surface area contributed by atoms with Gasteiger partial charge in [0.05, 0.1) is 5.69 Å². The van der Waals surface area contributed by atoms with Crippen molar-refractivity contribution < 1.29 is 0 Å². The van der Waals surface area contributed by atoms with Crippen molar-refractivity contribution in [3.8, 4) is 11.5 Å². The minimum Gasteiger partial charge on any atom is -0.304 e. The lowest BCUT2D eigenvalue weighted by molar-refractivity contribution is 0.792. The van der Waals surface area contributed by atoms with Gasteiger partial charge < -0.3 is 4.57 Å². The van der Waals surface area contributed by atoms with Gasteiger partial charge in [0, 0.05) is 19.0 Å². The Morgan fingerprint density at radius 2 is 2.14 bits per heavy atom. The first kappa shape index (κ1) is 13.9. The molecule has 108 valence electrons. The smallest absolute Gasteiger partial charge is 0.191 e. The Morgan fingerprint density at radius 1 is 1.33 bits per heavy atom. The molecule has 3 aromatic rings. The van der Waals surface area contributed by atoms with Crippen LogP contribution in [0.25, 0.3) is 17.2 Å². The lowest BCUT2D eigenvalue weighted by atomic mass is 10.3. The van der Waals surface area contributed by atoms with Crippen molar-refractivity contribution in [1.82, 2.24) is 24.1 Å². The summed E-state index contributed by atoms with van der Waals surface area (Å²) in [6.45, 7) is 7.80. The Kier molecular flexibility index (Phi) is 3.55. The number of fused-ring (bicyclic) bond motifs is 1. The third-order valence-electron chi connectivity index (χ3n) is 3.40. The molecule has 0 aromatic carbocycles. The van der Waals surface area contributed by atoms with Gasteiger partial charge in [-0.2, -0.15) is 0 Å². The van der Waals surface area contributed by atoms with E-state index in [0.29, 0.717) is 0 Å². The number of nitrogens with zero attached hydrogens (tertiary/aromatic N) is 5. The lowest BCUT2D eigenvalue weighted by Crippen LogP contribution is -1.99. The quantitative estimate of drug-likeness (QED) is 0.549. The fourth-order valence-corrected chi connectivity index (χ4v) is 3.01. The number of imidazole rings is 1. The number of aryl methyl sites for hydroxylation is 2. The van der Waals surface area contributed by atoms with Gasteiger partial charge in [0.2, 0.25) is 0 Å². The highest BCUT2D eigenvalue weighted by Gasteiger charge is 2.18. The number of hydrogen-bond acceptors (Lipinski definition) is 4. The average molecular weight is 299 g/mol. The SMILES string of the molecule is C=CCSc1nnc(-c2c(C)nc3c(C)cccn23)n1C. The first-order valence-corrected chi connectivity index (χ1v) is 7.69. The summed E-state index contributed by atoms with van der Waals surface area (Å²) in [5, 5.41) is 9.50. The number of hydrogen-bond donors (Lipinski definition) is 0. The molecule has 3 heterocycles. The first-order valence-electron chi connectivity index (χ1n) is 6.71. The van der Waals surface area contributed by atoms with Crippen LogP contribution < -0.4 is 0 Å². The predicted octanol–water partition coefficient (Wildman–Crippen LogP) is 3.02. The van der Waals surface area contributed by atoms with Crippen LogP contribution in [0.4, 0.5) is 0 Å². The van der Waals surface area contributed by atoms with Gasteiger partial charge in [0.1, 0.15) is 11.3 Å². The average Bonchev–Trinajstić information content (AvgIpc) is 2.98. The van der Waals surface area contributed by atoms with E-state index < -0.39 is 0 Å². The van der Waals surface area contributed by atoms with Crippen LogP contribution >= 0.6 is 11.8 Å². The molecule has 3 aromatic heterocycles. The summed E-state index contributed by atoms with van der Waals surface area (Å²) >= 11 is 1.62. The van der Waals surface area contributed by atoms with Gasteiger partial charge in [-0.1, -0.05) is 23.9 Å². The first-order chi connectivity index (χ1) is 10.1. The summed E-state index contributed by atoms with van der Waals surface area (Å²) in [6.07, 6.45) is 3.88. The van der Waals surface area contributed by atoms with Gasteiger partial charge in [0.15, 0.2) is 11.0 Å². The number of rotatable bonds is 4. The van der Waals surface area contributed by atoms with E-state index in [1.165, 1.54) is 0 Å². The summed E-state index contributed by atoms with van der Waals surface area (Å²) in [5.74, 6) is 1.65. The molecule has 0 saturated carbocycles. The van der Waals surface area contributed by atoms with Gasteiger partial charge in [-0.3, -0.25) is 4.40 Å². The largest absolute Gasteiger partial charge is 0.304 e. The number of aromatic nitrogens is 5. The molecule has 0 radical (unpaired) electrons. The summed E-state index contributed by atoms with van der Waals surface area (Å²) in [4.78, 5) is 4.66. The van der Waals surface area contributed by atoms with Crippen molar-refractivity contribution in [3.63, 3.8) is 0 Å². The van der Waals surface area contributed by atoms with E-state index in [-0.39, 0.29) is 0 Å². The monoisotopic (exact) mass is 299 g/mol. The van der Waals surface area contributed by atoms with Crippen LogP contribution in [0.1, 0.15) is 11.3 Å². The van der Waals surface area contributed by atoms with E-state index in [4.69, 9.17) is 0 Å². The Morgan fingerprint density at radius 3 is 2.90 bits per heavy atom. The highest BCUT2D eigenvalue weighted by atomic mass is 32.2. The van der Waals surface area contributed by atoms with Crippen LogP contribution in [0.5, 0.6) is 0 Å². The fraction of sp³-hybridized carbons (Fsp3) is 0.267. The van der Waals surface area contributed by atoms with Crippen molar-refractivity contribution >= 4 is 17.4 Å². The Hall–Kier alpha value is -2.08. The van der Waals surface area contributed by atoms with Crippen LogP contribution in [0.3, 0.4) is 0 Å². The second-order valence-electron chi connectivity index (χ2n) is 4.90. The second kappa shape index (κ2) is 5.37. The molecule has 0 aliphatic heterocycles. The molecule has 21 heavy (non-hydrogen) atoms. The molecule has 6 heteroatoms. The number of thioether (sulfide) groups is 1. The zero-order valence-electron chi connectivity index (χ0n) is 12.4. The summed E-state index contributed by atoms with van der Waals surface area (Å²) in [7, 11) is 1.98. The zero-order chi connectivity index (χ0) is 15.0. The van der Waals surface area contributed by atoms with Crippen LogP contribution in [-0.4, -0.2) is 29.9 Å². The Labute approximate surface area is 127 Å². The maximum atomic E-state index is 4.66. The van der Waals surface area contributed by atoms with Crippen molar-refractivity contribution in [2.24, 2.45) is 7.05 Å². The molecule has 0 atom stereocenters. The van der Waals surface area contributed by atoms with E-state index in [2.05, 4.69) is 39.2 Å². The number of pyridine rings is 1. The van der Waals surface area contributed by atoms with Crippen LogP contribution in [0.2, 0.25) is 0 Å². The van der Waals surface area contributed by atoms with E-state index in [1.807, 2.05) is 36.9 Å². The molecule has 0 unspecified atom stereocenters. The molecule has 0 spiro atoms. The van der Waals surface area contributed by atoms with Gasteiger partial charge >= 0.3 is 0 Å². The molecular weight excluding hydrogens is 282 g/mol. The standard InChI is InChI=1S/C15H17N5S/c1-5-9-21-15-18-17-14(19(15)4)12-11(3)16-13-10(2)7-6-8-20(12)13/h5-8H,1,9H2,2-4H3. The summed E-state index contributed by atoms with van der Waals surface area (Å²) in [5.41, 5.74) is 4.07. The minimum absolute atomic E-state index is 0.817. The second-order valence-corrected chi connectivity index (χ2v) is 5.88. The summed E-state index contributed by atoms with van der Waals surface area (Å²) < 4.78 is 4.09. The van der Waals surface area contributed by atoms with E-state index >= 15 is 0 Å². The maximum Gasteiger partial charge on any atom is 0.191 e. The van der Waals surface area contributed by atoms with Crippen LogP contribution in [0.15, 0.2) is 36.1 Å². The normalized spacial score (nSPS) is 11.2. The Bertz CT molecular complexity index is 815. The highest BCUT2D eigenvalue weighted by Crippen LogP contribution is 2.27. The topological polar surface area (TPSA) is 48.0 Å². The van der Waals surface area contributed by atoms with Crippen LogP contribution in [0, 0.1) is 13.8 Å².